The molecule has 94 valence electrons. The number of aliphatic carboxylic acids is 1. The molecule has 0 amide bonds. The van der Waals surface area contributed by atoms with Crippen molar-refractivity contribution in [1.82, 2.24) is 9.80 Å². The van der Waals surface area contributed by atoms with Gasteiger partial charge in [-0.15, -0.1) is 0 Å². The van der Waals surface area contributed by atoms with E-state index in [9.17, 15) is 4.79 Å². The Labute approximate surface area is 98.2 Å². The standard InChI is InChI=1S/C12H24N2O2/c1-10(2)8-13-4-6-14(7-5-13)9-11(3)12(15)16/h10-11H,4-9H2,1-3H3,(H,15,16). The lowest BCUT2D eigenvalue weighted by atomic mass is 10.1. The van der Waals surface area contributed by atoms with Crippen LogP contribution in [0.2, 0.25) is 0 Å². The maximum Gasteiger partial charge on any atom is 0.307 e. The molecule has 0 aromatic carbocycles. The van der Waals surface area contributed by atoms with Crippen molar-refractivity contribution in [3.63, 3.8) is 0 Å². The smallest absolute Gasteiger partial charge is 0.307 e. The molecule has 1 atom stereocenters. The lowest BCUT2D eigenvalue weighted by Crippen LogP contribution is -2.48. The van der Waals surface area contributed by atoms with Crippen LogP contribution in [0.25, 0.3) is 0 Å². The van der Waals surface area contributed by atoms with Gasteiger partial charge in [0, 0.05) is 39.3 Å². The van der Waals surface area contributed by atoms with Gasteiger partial charge in [0.05, 0.1) is 5.92 Å². The Hall–Kier alpha value is -0.610. The average molecular weight is 228 g/mol. The summed E-state index contributed by atoms with van der Waals surface area (Å²) in [6, 6.07) is 0. The van der Waals surface area contributed by atoms with Gasteiger partial charge >= 0.3 is 5.97 Å². The molecule has 0 aromatic rings. The topological polar surface area (TPSA) is 43.8 Å². The molecule has 1 unspecified atom stereocenters. The summed E-state index contributed by atoms with van der Waals surface area (Å²) >= 11 is 0. The predicted molar refractivity (Wildman–Crippen MR) is 64.5 cm³/mol. The maximum atomic E-state index is 10.7. The van der Waals surface area contributed by atoms with Crippen LogP contribution in [0.15, 0.2) is 0 Å². The monoisotopic (exact) mass is 228 g/mol. The Morgan fingerprint density at radius 1 is 1.06 bits per heavy atom. The molecule has 0 aromatic heterocycles. The second-order valence-corrected chi connectivity index (χ2v) is 5.23. The van der Waals surface area contributed by atoms with Crippen LogP contribution in [0.3, 0.4) is 0 Å². The second kappa shape index (κ2) is 6.21. The number of carboxylic acids is 1. The first-order valence-electron chi connectivity index (χ1n) is 6.16. The van der Waals surface area contributed by atoms with Gasteiger partial charge in [0.15, 0.2) is 0 Å². The lowest BCUT2D eigenvalue weighted by Gasteiger charge is -2.36. The number of nitrogens with zero attached hydrogens (tertiary/aromatic N) is 2. The van der Waals surface area contributed by atoms with Gasteiger partial charge in [0.25, 0.3) is 0 Å². The van der Waals surface area contributed by atoms with Crippen molar-refractivity contribution < 1.29 is 9.90 Å². The van der Waals surface area contributed by atoms with E-state index in [1.165, 1.54) is 0 Å². The van der Waals surface area contributed by atoms with Gasteiger partial charge in [0.2, 0.25) is 0 Å². The van der Waals surface area contributed by atoms with E-state index >= 15 is 0 Å². The minimum atomic E-state index is -0.690. The number of carboxylic acid groups (broad SMARTS) is 1. The van der Waals surface area contributed by atoms with Crippen molar-refractivity contribution in [3.8, 4) is 0 Å². The van der Waals surface area contributed by atoms with Crippen LogP contribution in [0, 0.1) is 11.8 Å². The van der Waals surface area contributed by atoms with Crippen LogP contribution < -0.4 is 0 Å². The van der Waals surface area contributed by atoms with Gasteiger partial charge in [-0.2, -0.15) is 0 Å². The number of hydrogen-bond acceptors (Lipinski definition) is 3. The van der Waals surface area contributed by atoms with Gasteiger partial charge in [-0.1, -0.05) is 20.8 Å². The highest BCUT2D eigenvalue weighted by Gasteiger charge is 2.21. The molecule has 1 rings (SSSR count). The van der Waals surface area contributed by atoms with Gasteiger partial charge in [-0.25, -0.2) is 0 Å². The molecule has 1 aliphatic rings. The van der Waals surface area contributed by atoms with Crippen molar-refractivity contribution in [2.45, 2.75) is 20.8 Å². The van der Waals surface area contributed by atoms with Gasteiger partial charge in [-0.05, 0) is 5.92 Å². The van der Waals surface area contributed by atoms with E-state index in [4.69, 9.17) is 5.11 Å². The summed E-state index contributed by atoms with van der Waals surface area (Å²) in [7, 11) is 0. The first-order chi connectivity index (χ1) is 7.49. The SMILES string of the molecule is CC(C)CN1CCN(CC(C)C(=O)O)CC1. The third-order valence-corrected chi connectivity index (χ3v) is 3.04. The van der Waals surface area contributed by atoms with E-state index in [1.807, 2.05) is 0 Å². The molecule has 0 spiro atoms. The van der Waals surface area contributed by atoms with Crippen LogP contribution >= 0.6 is 0 Å². The summed E-state index contributed by atoms with van der Waals surface area (Å²) in [6.45, 7) is 12.2. The van der Waals surface area contributed by atoms with Gasteiger partial charge in [-0.3, -0.25) is 9.69 Å². The number of hydrogen-bond donors (Lipinski definition) is 1. The summed E-state index contributed by atoms with van der Waals surface area (Å²) in [5, 5.41) is 8.85. The molecule has 16 heavy (non-hydrogen) atoms. The summed E-state index contributed by atoms with van der Waals surface area (Å²) in [4.78, 5) is 15.5. The number of piperazine rings is 1. The fourth-order valence-electron chi connectivity index (χ4n) is 2.14. The molecule has 0 radical (unpaired) electrons. The second-order valence-electron chi connectivity index (χ2n) is 5.23. The molecule has 4 heteroatoms. The van der Waals surface area contributed by atoms with E-state index < -0.39 is 5.97 Å². The Morgan fingerprint density at radius 3 is 1.88 bits per heavy atom. The Kier molecular flexibility index (Phi) is 5.22. The van der Waals surface area contributed by atoms with Crippen molar-refractivity contribution in [2.75, 3.05) is 39.3 Å². The molecule has 4 nitrogen and oxygen atoms in total. The summed E-state index contributed by atoms with van der Waals surface area (Å²) in [5.41, 5.74) is 0. The van der Waals surface area contributed by atoms with Crippen LogP contribution in [0.1, 0.15) is 20.8 Å². The minimum Gasteiger partial charge on any atom is -0.481 e. The minimum absolute atomic E-state index is 0.253. The molecule has 1 aliphatic heterocycles. The Bertz CT molecular complexity index is 223. The van der Waals surface area contributed by atoms with Crippen LogP contribution in [0.5, 0.6) is 0 Å². The average Bonchev–Trinajstić information content (AvgIpc) is 2.20. The summed E-state index contributed by atoms with van der Waals surface area (Å²) < 4.78 is 0. The molecule has 1 N–H and O–H groups in total. The first-order valence-corrected chi connectivity index (χ1v) is 6.16. The first kappa shape index (κ1) is 13.5. The van der Waals surface area contributed by atoms with Crippen molar-refractivity contribution in [3.05, 3.63) is 0 Å². The third-order valence-electron chi connectivity index (χ3n) is 3.04. The lowest BCUT2D eigenvalue weighted by molar-refractivity contribution is -0.141. The third kappa shape index (κ3) is 4.49. The molecular weight excluding hydrogens is 204 g/mol. The Morgan fingerprint density at radius 2 is 1.50 bits per heavy atom. The number of carbonyl (C=O) groups is 1. The summed E-state index contributed by atoms with van der Waals surface area (Å²) in [6.07, 6.45) is 0. The molecule has 1 fully saturated rings. The van der Waals surface area contributed by atoms with E-state index in [0.29, 0.717) is 12.5 Å². The quantitative estimate of drug-likeness (QED) is 0.762. The fourth-order valence-corrected chi connectivity index (χ4v) is 2.14. The highest BCUT2D eigenvalue weighted by molar-refractivity contribution is 5.69. The van der Waals surface area contributed by atoms with E-state index in [-0.39, 0.29) is 5.92 Å². The maximum absolute atomic E-state index is 10.7. The highest BCUT2D eigenvalue weighted by atomic mass is 16.4. The Balaban J connectivity index is 2.24. The van der Waals surface area contributed by atoms with E-state index in [1.54, 1.807) is 6.92 Å². The van der Waals surface area contributed by atoms with Gasteiger partial charge < -0.3 is 10.0 Å². The zero-order valence-corrected chi connectivity index (χ0v) is 10.6. The van der Waals surface area contributed by atoms with Crippen molar-refractivity contribution in [2.24, 2.45) is 11.8 Å². The van der Waals surface area contributed by atoms with Crippen LogP contribution in [-0.2, 0) is 4.79 Å². The zero-order chi connectivity index (χ0) is 12.1. The molecule has 1 saturated heterocycles. The molecular formula is C12H24N2O2. The molecule has 0 bridgehead atoms. The predicted octanol–water partition coefficient (Wildman–Crippen LogP) is 0.981. The van der Waals surface area contributed by atoms with Crippen molar-refractivity contribution >= 4 is 5.97 Å². The summed E-state index contributed by atoms with van der Waals surface area (Å²) in [5.74, 6) is -0.231. The van der Waals surface area contributed by atoms with E-state index in [2.05, 4.69) is 23.6 Å². The largest absolute Gasteiger partial charge is 0.481 e. The number of rotatable bonds is 5. The molecule has 0 aliphatic carbocycles. The normalized spacial score (nSPS) is 21.2. The highest BCUT2D eigenvalue weighted by Crippen LogP contribution is 2.07. The zero-order valence-electron chi connectivity index (χ0n) is 10.6. The van der Waals surface area contributed by atoms with E-state index in [0.717, 1.165) is 32.7 Å². The molecule has 0 saturated carbocycles. The van der Waals surface area contributed by atoms with Crippen molar-refractivity contribution in [1.29, 1.82) is 0 Å². The van der Waals surface area contributed by atoms with Crippen LogP contribution in [0.4, 0.5) is 0 Å². The van der Waals surface area contributed by atoms with Gasteiger partial charge in [0.1, 0.15) is 0 Å². The fraction of sp³-hybridized carbons (Fsp3) is 0.917. The van der Waals surface area contributed by atoms with Crippen LogP contribution in [-0.4, -0.2) is 60.1 Å². The molecule has 1 heterocycles.